The minimum absolute atomic E-state index is 0.619. The number of hydrogen-bond donors (Lipinski definition) is 1. The van der Waals surface area contributed by atoms with Crippen LogP contribution < -0.4 is 5.32 Å². The zero-order valence-corrected chi connectivity index (χ0v) is 9.14. The lowest BCUT2D eigenvalue weighted by molar-refractivity contribution is 0.544. The summed E-state index contributed by atoms with van der Waals surface area (Å²) in [4.78, 5) is 0. The minimum atomic E-state index is 0.619. The first-order chi connectivity index (χ1) is 6.31. The van der Waals surface area contributed by atoms with Crippen molar-refractivity contribution in [1.82, 2.24) is 5.32 Å². The fourth-order valence-corrected chi connectivity index (χ4v) is 3.07. The molecular formula is C11H12BrN. The Hall–Kier alpha value is -0.340. The maximum Gasteiger partial charge on any atom is 0.0355 e. The second-order valence-electron chi connectivity index (χ2n) is 4.05. The van der Waals surface area contributed by atoms with Crippen LogP contribution in [0.15, 0.2) is 22.7 Å². The van der Waals surface area contributed by atoms with Gasteiger partial charge in [-0.3, -0.25) is 0 Å². The van der Waals surface area contributed by atoms with E-state index in [4.69, 9.17) is 0 Å². The monoisotopic (exact) mass is 237 g/mol. The van der Waals surface area contributed by atoms with Crippen molar-refractivity contribution >= 4 is 15.9 Å². The zero-order chi connectivity index (χ0) is 9.00. The molecule has 1 nitrogen and oxygen atoms in total. The number of rotatable bonds is 1. The van der Waals surface area contributed by atoms with Crippen molar-refractivity contribution in [1.29, 1.82) is 0 Å². The van der Waals surface area contributed by atoms with Gasteiger partial charge in [0.2, 0.25) is 0 Å². The highest BCUT2D eigenvalue weighted by molar-refractivity contribution is 9.10. The van der Waals surface area contributed by atoms with E-state index < -0.39 is 0 Å². The summed E-state index contributed by atoms with van der Waals surface area (Å²) >= 11 is 3.53. The Balaban J connectivity index is 2.12. The molecule has 13 heavy (non-hydrogen) atoms. The molecule has 2 heteroatoms. The molecule has 3 atom stereocenters. The third-order valence-electron chi connectivity index (χ3n) is 3.36. The van der Waals surface area contributed by atoms with Crippen molar-refractivity contribution in [2.45, 2.75) is 18.4 Å². The number of fused-ring (bicyclic) bond motifs is 3. The van der Waals surface area contributed by atoms with Crippen LogP contribution in [0.2, 0.25) is 0 Å². The molecule has 0 amide bonds. The molecular weight excluding hydrogens is 226 g/mol. The van der Waals surface area contributed by atoms with E-state index in [0.29, 0.717) is 6.04 Å². The molecule has 0 spiro atoms. The number of benzene rings is 1. The smallest absolute Gasteiger partial charge is 0.0355 e. The maximum absolute atomic E-state index is 3.53. The van der Waals surface area contributed by atoms with Crippen LogP contribution in [0, 0.1) is 5.92 Å². The molecule has 0 aromatic heterocycles. The summed E-state index contributed by atoms with van der Waals surface area (Å²) in [5, 5.41) is 3.42. The van der Waals surface area contributed by atoms with Gasteiger partial charge < -0.3 is 5.32 Å². The normalized spacial score (nSPS) is 34.2. The second kappa shape index (κ2) is 2.58. The van der Waals surface area contributed by atoms with Crippen molar-refractivity contribution in [3.05, 3.63) is 33.8 Å². The van der Waals surface area contributed by atoms with E-state index in [-0.39, 0.29) is 0 Å². The van der Waals surface area contributed by atoms with Crippen LogP contribution in [0.5, 0.6) is 0 Å². The molecule has 0 aliphatic heterocycles. The predicted octanol–water partition coefficient (Wildman–Crippen LogP) is 2.83. The van der Waals surface area contributed by atoms with Gasteiger partial charge in [-0.2, -0.15) is 0 Å². The lowest BCUT2D eigenvalue weighted by Crippen LogP contribution is -2.16. The first-order valence-electron chi connectivity index (χ1n) is 4.78. The zero-order valence-electron chi connectivity index (χ0n) is 7.55. The quantitative estimate of drug-likeness (QED) is 0.793. The van der Waals surface area contributed by atoms with Gasteiger partial charge in [-0.25, -0.2) is 0 Å². The Kier molecular flexibility index (Phi) is 1.59. The molecule has 1 N–H and O–H groups in total. The van der Waals surface area contributed by atoms with Gasteiger partial charge in [-0.1, -0.05) is 22.0 Å². The van der Waals surface area contributed by atoms with Crippen molar-refractivity contribution in [3.8, 4) is 0 Å². The molecule has 2 aliphatic rings. The summed E-state index contributed by atoms with van der Waals surface area (Å²) in [7, 11) is 2.07. The van der Waals surface area contributed by atoms with E-state index in [1.807, 2.05) is 0 Å². The Labute approximate surface area is 86.7 Å². The van der Waals surface area contributed by atoms with Crippen LogP contribution >= 0.6 is 15.9 Å². The first-order valence-corrected chi connectivity index (χ1v) is 5.57. The standard InChI is InChI=1S/C11H12BrN/c1-13-11-7-3-2-6(12)4-8(7)9-5-10(9)11/h2-4,9-11,13H,5H2,1H3. The van der Waals surface area contributed by atoms with E-state index in [2.05, 4.69) is 46.5 Å². The Morgan fingerprint density at radius 3 is 3.00 bits per heavy atom. The number of hydrogen-bond acceptors (Lipinski definition) is 1. The molecule has 3 unspecified atom stereocenters. The molecule has 0 heterocycles. The molecule has 68 valence electrons. The summed E-state index contributed by atoms with van der Waals surface area (Å²) in [5.74, 6) is 1.74. The van der Waals surface area contributed by atoms with Gasteiger partial charge >= 0.3 is 0 Å². The maximum atomic E-state index is 3.53. The average Bonchev–Trinajstić information content (AvgIpc) is 2.84. The van der Waals surface area contributed by atoms with E-state index in [0.717, 1.165) is 11.8 Å². The first kappa shape index (κ1) is 8.01. The topological polar surface area (TPSA) is 12.0 Å². The fraction of sp³-hybridized carbons (Fsp3) is 0.455. The molecule has 0 bridgehead atoms. The number of nitrogens with one attached hydrogen (secondary N) is 1. The Morgan fingerprint density at radius 1 is 1.38 bits per heavy atom. The van der Waals surface area contributed by atoms with Crippen LogP contribution in [0.3, 0.4) is 0 Å². The summed E-state index contributed by atoms with van der Waals surface area (Å²) in [5.41, 5.74) is 3.09. The van der Waals surface area contributed by atoms with Gasteiger partial charge in [0.25, 0.3) is 0 Å². The van der Waals surface area contributed by atoms with E-state index >= 15 is 0 Å². The second-order valence-corrected chi connectivity index (χ2v) is 4.96. The fourth-order valence-electron chi connectivity index (χ4n) is 2.69. The highest BCUT2D eigenvalue weighted by Crippen LogP contribution is 2.61. The average molecular weight is 238 g/mol. The molecule has 1 saturated carbocycles. The van der Waals surface area contributed by atoms with E-state index in [1.165, 1.54) is 16.5 Å². The van der Waals surface area contributed by atoms with Crippen molar-refractivity contribution < 1.29 is 0 Å². The van der Waals surface area contributed by atoms with Gasteiger partial charge in [0.15, 0.2) is 0 Å². The largest absolute Gasteiger partial charge is 0.313 e. The van der Waals surface area contributed by atoms with Gasteiger partial charge in [0, 0.05) is 10.5 Å². The van der Waals surface area contributed by atoms with Crippen LogP contribution in [0.25, 0.3) is 0 Å². The lowest BCUT2D eigenvalue weighted by atomic mass is 10.0. The number of halogens is 1. The summed E-state index contributed by atoms with van der Waals surface area (Å²) in [6, 6.07) is 7.31. The summed E-state index contributed by atoms with van der Waals surface area (Å²) < 4.78 is 1.22. The molecule has 1 fully saturated rings. The third kappa shape index (κ3) is 1.02. The highest BCUT2D eigenvalue weighted by Gasteiger charge is 2.51. The summed E-state index contributed by atoms with van der Waals surface area (Å²) in [6.45, 7) is 0. The van der Waals surface area contributed by atoms with Gasteiger partial charge in [0.1, 0.15) is 0 Å². The molecule has 1 aromatic rings. The molecule has 0 saturated heterocycles. The Morgan fingerprint density at radius 2 is 2.23 bits per heavy atom. The van der Waals surface area contributed by atoms with Crippen LogP contribution in [0.4, 0.5) is 0 Å². The molecule has 3 rings (SSSR count). The SMILES string of the molecule is CNC1c2ccc(Br)cc2C2CC21. The molecule has 2 aliphatic carbocycles. The van der Waals surface area contributed by atoms with Gasteiger partial charge in [-0.05, 0) is 48.6 Å². The van der Waals surface area contributed by atoms with Crippen LogP contribution in [-0.4, -0.2) is 7.05 Å². The van der Waals surface area contributed by atoms with E-state index in [9.17, 15) is 0 Å². The lowest BCUT2D eigenvalue weighted by Gasteiger charge is -2.13. The molecule has 1 aromatic carbocycles. The van der Waals surface area contributed by atoms with Crippen molar-refractivity contribution in [3.63, 3.8) is 0 Å². The Bertz CT molecular complexity index is 361. The van der Waals surface area contributed by atoms with Gasteiger partial charge in [-0.15, -0.1) is 0 Å². The third-order valence-corrected chi connectivity index (χ3v) is 3.86. The summed E-state index contributed by atoms with van der Waals surface area (Å²) in [6.07, 6.45) is 1.38. The predicted molar refractivity (Wildman–Crippen MR) is 56.8 cm³/mol. The van der Waals surface area contributed by atoms with Crippen molar-refractivity contribution in [2.24, 2.45) is 5.92 Å². The molecule has 0 radical (unpaired) electrons. The van der Waals surface area contributed by atoms with Crippen LogP contribution in [-0.2, 0) is 0 Å². The van der Waals surface area contributed by atoms with Gasteiger partial charge in [0.05, 0.1) is 0 Å². The highest BCUT2D eigenvalue weighted by atomic mass is 79.9. The minimum Gasteiger partial charge on any atom is -0.313 e. The van der Waals surface area contributed by atoms with E-state index in [1.54, 1.807) is 5.56 Å². The van der Waals surface area contributed by atoms with Crippen LogP contribution in [0.1, 0.15) is 29.5 Å². The van der Waals surface area contributed by atoms with Crippen molar-refractivity contribution in [2.75, 3.05) is 7.05 Å².